The molecule has 0 radical (unpaired) electrons. The van der Waals surface area contributed by atoms with Gasteiger partial charge in [0, 0.05) is 18.8 Å². The number of pyridine rings is 1. The van der Waals surface area contributed by atoms with Crippen LogP contribution in [0.4, 0.5) is 4.39 Å². The van der Waals surface area contributed by atoms with Gasteiger partial charge in [0.05, 0.1) is 13.3 Å². The summed E-state index contributed by atoms with van der Waals surface area (Å²) in [6, 6.07) is 7.74. The Morgan fingerprint density at radius 1 is 1.26 bits per heavy atom. The summed E-state index contributed by atoms with van der Waals surface area (Å²) in [4.78, 5) is 3.47. The number of hydrogen-bond acceptors (Lipinski definition) is 4. The summed E-state index contributed by atoms with van der Waals surface area (Å²) in [6.45, 7) is 3.78. The van der Waals surface area contributed by atoms with E-state index in [0.717, 1.165) is 24.0 Å². The lowest BCUT2D eigenvalue weighted by Gasteiger charge is -2.27. The second-order valence-corrected chi connectivity index (χ2v) is 6.89. The number of nitrogens with zero attached hydrogens (tertiary/aromatic N) is 2. The van der Waals surface area contributed by atoms with Gasteiger partial charge in [-0.15, -0.1) is 0 Å². The van der Waals surface area contributed by atoms with Crippen molar-refractivity contribution in [1.29, 1.82) is 0 Å². The Balaban J connectivity index is 2.37. The molecule has 0 unspecified atom stereocenters. The van der Waals surface area contributed by atoms with E-state index in [0.29, 0.717) is 5.75 Å². The third-order valence-corrected chi connectivity index (χ3v) is 5.64. The molecule has 0 bridgehead atoms. The van der Waals surface area contributed by atoms with Crippen LogP contribution >= 0.6 is 0 Å². The molecule has 0 fully saturated rings. The molecule has 0 aliphatic carbocycles. The quantitative estimate of drug-likeness (QED) is 0.812. The zero-order valence-electron chi connectivity index (χ0n) is 13.2. The molecular weight excluding hydrogens is 319 g/mol. The van der Waals surface area contributed by atoms with Gasteiger partial charge in [-0.05, 0) is 30.7 Å². The van der Waals surface area contributed by atoms with Crippen LogP contribution in [-0.4, -0.2) is 31.4 Å². The zero-order valence-corrected chi connectivity index (χ0v) is 14.0. The Bertz CT molecular complexity index is 763. The molecule has 124 valence electrons. The predicted octanol–water partition coefficient (Wildman–Crippen LogP) is 3.00. The van der Waals surface area contributed by atoms with Crippen LogP contribution in [0.15, 0.2) is 47.6 Å². The normalized spacial score (nSPS) is 13.1. The molecule has 0 saturated heterocycles. The second-order valence-electron chi connectivity index (χ2n) is 5.00. The molecule has 1 heterocycles. The predicted molar refractivity (Wildman–Crippen MR) is 85.2 cm³/mol. The van der Waals surface area contributed by atoms with Crippen LogP contribution in [0.5, 0.6) is 5.75 Å². The lowest BCUT2D eigenvalue weighted by atomic mass is 10.1. The fourth-order valence-electron chi connectivity index (χ4n) is 2.37. The maximum absolute atomic E-state index is 13.3. The number of benzene rings is 1. The highest BCUT2D eigenvalue weighted by molar-refractivity contribution is 7.89. The Morgan fingerprint density at radius 2 is 1.91 bits per heavy atom. The molecule has 5 nitrogen and oxygen atoms in total. The average Bonchev–Trinajstić information content (AvgIpc) is 2.55. The molecule has 2 aromatic rings. The molecule has 7 heteroatoms. The molecule has 2 rings (SSSR count). The minimum absolute atomic E-state index is 0.153. The first kappa shape index (κ1) is 17.4. The number of hydrogen-bond donors (Lipinski definition) is 0. The van der Waals surface area contributed by atoms with Gasteiger partial charge in [-0.25, -0.2) is 12.8 Å². The first-order valence-corrected chi connectivity index (χ1v) is 8.60. The van der Waals surface area contributed by atoms with Crippen molar-refractivity contribution in [3.05, 3.63) is 54.1 Å². The highest BCUT2D eigenvalue weighted by Crippen LogP contribution is 2.28. The maximum Gasteiger partial charge on any atom is 0.245 e. The number of sulfonamides is 1. The molecule has 1 atom stereocenters. The smallest absolute Gasteiger partial charge is 0.245 e. The van der Waals surface area contributed by atoms with Crippen LogP contribution in [0, 0.1) is 5.82 Å². The lowest BCUT2D eigenvalue weighted by molar-refractivity contribution is 0.356. The largest absolute Gasteiger partial charge is 0.497 e. The minimum Gasteiger partial charge on any atom is -0.497 e. The molecule has 0 amide bonds. The molecule has 0 saturated carbocycles. The summed E-state index contributed by atoms with van der Waals surface area (Å²) in [5.41, 5.74) is 0.820. The zero-order chi connectivity index (χ0) is 17.0. The summed E-state index contributed by atoms with van der Waals surface area (Å²) in [6.07, 6.45) is 2.13. The Kier molecular flexibility index (Phi) is 5.33. The van der Waals surface area contributed by atoms with E-state index in [1.54, 1.807) is 33.1 Å². The Labute approximate surface area is 135 Å². The number of halogens is 1. The summed E-state index contributed by atoms with van der Waals surface area (Å²) < 4.78 is 45.2. The van der Waals surface area contributed by atoms with Gasteiger partial charge in [-0.2, -0.15) is 4.31 Å². The summed E-state index contributed by atoms with van der Waals surface area (Å²) in [5.74, 6) is 0.0143. The Hall–Kier alpha value is -1.99. The monoisotopic (exact) mass is 338 g/mol. The summed E-state index contributed by atoms with van der Waals surface area (Å²) >= 11 is 0. The van der Waals surface area contributed by atoms with Crippen LogP contribution in [-0.2, 0) is 10.0 Å². The van der Waals surface area contributed by atoms with E-state index in [4.69, 9.17) is 4.74 Å². The molecule has 23 heavy (non-hydrogen) atoms. The third kappa shape index (κ3) is 3.68. The van der Waals surface area contributed by atoms with Crippen molar-refractivity contribution >= 4 is 10.0 Å². The summed E-state index contributed by atoms with van der Waals surface area (Å²) in [5, 5.41) is 0. The van der Waals surface area contributed by atoms with Gasteiger partial charge < -0.3 is 4.74 Å². The van der Waals surface area contributed by atoms with Crippen molar-refractivity contribution in [3.8, 4) is 5.75 Å². The molecular formula is C16H19FN2O3S. The van der Waals surface area contributed by atoms with Crippen LogP contribution in [0.25, 0.3) is 0 Å². The lowest BCUT2D eigenvalue weighted by Crippen LogP contribution is -2.33. The standard InChI is InChI=1S/C16H19FN2O3S/c1-4-19(12(2)13-5-7-15(22-3)8-6-13)23(20,21)16-9-14(17)10-18-11-16/h5-12H,4H2,1-3H3/t12-/m1/s1. The number of aromatic nitrogens is 1. The molecule has 0 aliphatic heterocycles. The number of methoxy groups -OCH3 is 1. The van der Waals surface area contributed by atoms with Gasteiger partial charge in [0.15, 0.2) is 0 Å². The maximum atomic E-state index is 13.3. The Morgan fingerprint density at radius 3 is 2.43 bits per heavy atom. The molecule has 1 aromatic carbocycles. The van der Waals surface area contributed by atoms with E-state index in [2.05, 4.69) is 4.98 Å². The van der Waals surface area contributed by atoms with E-state index in [1.807, 2.05) is 12.1 Å². The van der Waals surface area contributed by atoms with E-state index >= 15 is 0 Å². The first-order chi connectivity index (χ1) is 10.9. The molecule has 0 spiro atoms. The van der Waals surface area contributed by atoms with Gasteiger partial charge in [-0.1, -0.05) is 19.1 Å². The fraction of sp³-hybridized carbons (Fsp3) is 0.312. The van der Waals surface area contributed by atoms with Gasteiger partial charge in [0.2, 0.25) is 10.0 Å². The van der Waals surface area contributed by atoms with Gasteiger partial charge >= 0.3 is 0 Å². The first-order valence-electron chi connectivity index (χ1n) is 7.16. The van der Waals surface area contributed by atoms with Gasteiger partial charge in [-0.3, -0.25) is 4.98 Å². The van der Waals surface area contributed by atoms with Crippen molar-refractivity contribution in [2.75, 3.05) is 13.7 Å². The van der Waals surface area contributed by atoms with Crippen molar-refractivity contribution in [2.45, 2.75) is 24.8 Å². The van der Waals surface area contributed by atoms with Crippen molar-refractivity contribution in [3.63, 3.8) is 0 Å². The van der Waals surface area contributed by atoms with Crippen LogP contribution in [0.2, 0.25) is 0 Å². The van der Waals surface area contributed by atoms with Crippen LogP contribution in [0.3, 0.4) is 0 Å². The van der Waals surface area contributed by atoms with E-state index in [1.165, 1.54) is 4.31 Å². The van der Waals surface area contributed by atoms with E-state index in [9.17, 15) is 12.8 Å². The van der Waals surface area contributed by atoms with Crippen molar-refractivity contribution in [2.24, 2.45) is 0 Å². The SMILES string of the molecule is CCN([C@H](C)c1ccc(OC)cc1)S(=O)(=O)c1cncc(F)c1. The van der Waals surface area contributed by atoms with Crippen LogP contribution in [0.1, 0.15) is 25.5 Å². The van der Waals surface area contributed by atoms with E-state index in [-0.39, 0.29) is 11.4 Å². The molecule has 0 N–H and O–H groups in total. The third-order valence-electron chi connectivity index (χ3n) is 3.63. The van der Waals surface area contributed by atoms with Gasteiger partial charge in [0.25, 0.3) is 0 Å². The summed E-state index contributed by atoms with van der Waals surface area (Å²) in [7, 11) is -2.27. The topological polar surface area (TPSA) is 59.5 Å². The number of rotatable bonds is 6. The minimum atomic E-state index is -3.84. The highest BCUT2D eigenvalue weighted by atomic mass is 32.2. The van der Waals surface area contributed by atoms with Crippen molar-refractivity contribution < 1.29 is 17.5 Å². The number of ether oxygens (including phenoxy) is 1. The van der Waals surface area contributed by atoms with Crippen LogP contribution < -0.4 is 4.74 Å². The fourth-order valence-corrected chi connectivity index (χ4v) is 3.97. The van der Waals surface area contributed by atoms with Crippen molar-refractivity contribution in [1.82, 2.24) is 9.29 Å². The molecule has 1 aromatic heterocycles. The average molecular weight is 338 g/mol. The van der Waals surface area contributed by atoms with E-state index < -0.39 is 21.9 Å². The second kappa shape index (κ2) is 7.06. The highest BCUT2D eigenvalue weighted by Gasteiger charge is 2.29. The molecule has 0 aliphatic rings. The van der Waals surface area contributed by atoms with Gasteiger partial charge in [0.1, 0.15) is 16.5 Å².